The monoisotopic (exact) mass is 331 g/mol. The average Bonchev–Trinajstić information content (AvgIpc) is 2.55. The van der Waals surface area contributed by atoms with Crippen LogP contribution in [0, 0.1) is 0 Å². The molecule has 0 radical (unpaired) electrons. The molecule has 23 heavy (non-hydrogen) atoms. The van der Waals surface area contributed by atoms with Crippen molar-refractivity contribution in [3.63, 3.8) is 0 Å². The minimum absolute atomic E-state index is 0.322. The van der Waals surface area contributed by atoms with Crippen LogP contribution in [0.3, 0.4) is 0 Å². The third-order valence-electron chi connectivity index (χ3n) is 3.53. The zero-order valence-corrected chi connectivity index (χ0v) is 13.5. The first-order valence-electron chi connectivity index (χ1n) is 7.28. The molecule has 2 N–H and O–H groups in total. The first kappa shape index (κ1) is 17.2. The number of ether oxygens (including phenoxy) is 1. The molecule has 120 valence electrons. The fourth-order valence-electron chi connectivity index (χ4n) is 2.10. The number of carbonyl (C=O) groups is 2. The van der Waals surface area contributed by atoms with Crippen molar-refractivity contribution in [3.8, 4) is 0 Å². The highest BCUT2D eigenvalue weighted by molar-refractivity contribution is 6.30. The summed E-state index contributed by atoms with van der Waals surface area (Å²) in [6.45, 7) is 1.67. The molecule has 0 bridgehead atoms. The van der Waals surface area contributed by atoms with Crippen molar-refractivity contribution in [1.29, 1.82) is 0 Å². The fraction of sp³-hybridized carbons (Fsp3) is 0.222. The van der Waals surface area contributed by atoms with Crippen molar-refractivity contribution >= 4 is 23.5 Å². The molecule has 1 unspecified atom stereocenters. The molecular weight excluding hydrogens is 314 g/mol. The lowest BCUT2D eigenvalue weighted by Gasteiger charge is -2.14. The van der Waals surface area contributed by atoms with E-state index < -0.39 is 23.9 Å². The van der Waals surface area contributed by atoms with Crippen LogP contribution in [0.1, 0.15) is 24.0 Å². The van der Waals surface area contributed by atoms with Crippen LogP contribution in [0.2, 0.25) is 5.02 Å². The van der Waals surface area contributed by atoms with Crippen LogP contribution in [-0.2, 0) is 20.7 Å². The molecule has 0 heterocycles. The van der Waals surface area contributed by atoms with Gasteiger partial charge in [0.1, 0.15) is 6.04 Å². The Balaban J connectivity index is 1.93. The van der Waals surface area contributed by atoms with Crippen molar-refractivity contribution in [3.05, 3.63) is 70.7 Å². The molecule has 0 spiro atoms. The number of hydrogen-bond donors (Lipinski definition) is 1. The van der Waals surface area contributed by atoms with Crippen LogP contribution in [0.5, 0.6) is 0 Å². The van der Waals surface area contributed by atoms with Gasteiger partial charge in [-0.15, -0.1) is 0 Å². The third-order valence-corrected chi connectivity index (χ3v) is 3.78. The van der Waals surface area contributed by atoms with Crippen LogP contribution in [-0.4, -0.2) is 18.0 Å². The van der Waals surface area contributed by atoms with E-state index in [2.05, 4.69) is 0 Å². The number of nitrogens with two attached hydrogens (primary N) is 1. The lowest BCUT2D eigenvalue weighted by molar-refractivity contribution is -0.161. The predicted octanol–water partition coefficient (Wildman–Crippen LogP) is 3.08. The highest BCUT2D eigenvalue weighted by Gasteiger charge is 2.24. The molecule has 4 nitrogen and oxygen atoms in total. The van der Waals surface area contributed by atoms with E-state index in [4.69, 9.17) is 22.1 Å². The van der Waals surface area contributed by atoms with E-state index >= 15 is 0 Å². The molecule has 0 saturated carbocycles. The van der Waals surface area contributed by atoms with Gasteiger partial charge in [-0.1, -0.05) is 54.1 Å². The molecule has 0 aliphatic heterocycles. The number of benzene rings is 2. The van der Waals surface area contributed by atoms with Gasteiger partial charge < -0.3 is 10.5 Å². The summed E-state index contributed by atoms with van der Waals surface area (Å²) >= 11 is 5.81. The van der Waals surface area contributed by atoms with Gasteiger partial charge >= 0.3 is 11.9 Å². The molecular formula is C18H18ClNO3. The third kappa shape index (κ3) is 4.91. The van der Waals surface area contributed by atoms with Crippen LogP contribution < -0.4 is 5.73 Å². The summed E-state index contributed by atoms with van der Waals surface area (Å²) in [5.74, 6) is -1.92. The molecule has 2 aromatic carbocycles. The zero-order valence-electron chi connectivity index (χ0n) is 12.7. The molecule has 5 heteroatoms. The second-order valence-electron chi connectivity index (χ2n) is 5.31. The Morgan fingerprint density at radius 1 is 1.04 bits per heavy atom. The van der Waals surface area contributed by atoms with E-state index in [1.54, 1.807) is 31.2 Å². The Morgan fingerprint density at radius 2 is 1.65 bits per heavy atom. The number of hydrogen-bond acceptors (Lipinski definition) is 4. The van der Waals surface area contributed by atoms with Gasteiger partial charge in [0, 0.05) is 5.02 Å². The highest BCUT2D eigenvalue weighted by atomic mass is 35.5. The quantitative estimate of drug-likeness (QED) is 0.675. The lowest BCUT2D eigenvalue weighted by Crippen LogP contribution is -2.36. The summed E-state index contributed by atoms with van der Waals surface area (Å²) in [6, 6.07) is 15.3. The Hall–Kier alpha value is -2.17. The maximum atomic E-state index is 12.1. The Bertz CT molecular complexity index is 670. The Kier molecular flexibility index (Phi) is 5.90. The van der Waals surface area contributed by atoms with Gasteiger partial charge in [0.05, 0.1) is 5.92 Å². The first-order chi connectivity index (χ1) is 11.0. The van der Waals surface area contributed by atoms with Gasteiger partial charge in [-0.05, 0) is 36.6 Å². The van der Waals surface area contributed by atoms with E-state index in [1.165, 1.54) is 0 Å². The Morgan fingerprint density at radius 3 is 2.26 bits per heavy atom. The molecule has 2 rings (SSSR count). The molecule has 0 fully saturated rings. The lowest BCUT2D eigenvalue weighted by atomic mass is 10.0. The minimum atomic E-state index is -0.876. The van der Waals surface area contributed by atoms with Crippen molar-refractivity contribution in [2.24, 2.45) is 5.73 Å². The van der Waals surface area contributed by atoms with Crippen molar-refractivity contribution in [2.45, 2.75) is 25.3 Å². The van der Waals surface area contributed by atoms with Crippen molar-refractivity contribution < 1.29 is 14.3 Å². The van der Waals surface area contributed by atoms with Gasteiger partial charge in [0.2, 0.25) is 0 Å². The number of esters is 2. The van der Waals surface area contributed by atoms with Crippen molar-refractivity contribution in [2.75, 3.05) is 0 Å². The highest BCUT2D eigenvalue weighted by Crippen LogP contribution is 2.19. The Labute approximate surface area is 140 Å². The molecule has 0 aliphatic carbocycles. The summed E-state index contributed by atoms with van der Waals surface area (Å²) in [5.41, 5.74) is 7.45. The van der Waals surface area contributed by atoms with Gasteiger partial charge in [-0.3, -0.25) is 4.79 Å². The van der Waals surface area contributed by atoms with E-state index in [9.17, 15) is 9.59 Å². The van der Waals surface area contributed by atoms with Crippen LogP contribution in [0.4, 0.5) is 0 Å². The predicted molar refractivity (Wildman–Crippen MR) is 89.1 cm³/mol. The summed E-state index contributed by atoms with van der Waals surface area (Å²) in [4.78, 5) is 24.0. The SMILES string of the molecule is CC(C(=O)OC(=O)[C@@H](N)Cc1ccccc1)c1ccc(Cl)cc1. The smallest absolute Gasteiger partial charge is 0.330 e. The molecule has 2 aromatic rings. The van der Waals surface area contributed by atoms with E-state index in [-0.39, 0.29) is 0 Å². The van der Waals surface area contributed by atoms with Gasteiger partial charge in [-0.25, -0.2) is 4.79 Å². The van der Waals surface area contributed by atoms with Gasteiger partial charge in [0.25, 0.3) is 0 Å². The largest absolute Gasteiger partial charge is 0.392 e. The average molecular weight is 332 g/mol. The second kappa shape index (κ2) is 7.90. The van der Waals surface area contributed by atoms with Crippen LogP contribution >= 0.6 is 11.6 Å². The van der Waals surface area contributed by atoms with Gasteiger partial charge in [0.15, 0.2) is 0 Å². The maximum absolute atomic E-state index is 12.1. The molecule has 0 aliphatic rings. The summed E-state index contributed by atoms with van der Waals surface area (Å²) in [7, 11) is 0. The summed E-state index contributed by atoms with van der Waals surface area (Å²) in [6.07, 6.45) is 0.322. The molecule has 0 amide bonds. The fourth-order valence-corrected chi connectivity index (χ4v) is 2.23. The number of carbonyl (C=O) groups excluding carboxylic acids is 2. The number of rotatable bonds is 5. The minimum Gasteiger partial charge on any atom is -0.392 e. The molecule has 0 saturated heterocycles. The van der Waals surface area contributed by atoms with E-state index in [1.807, 2.05) is 30.3 Å². The molecule has 2 atom stereocenters. The van der Waals surface area contributed by atoms with E-state index in [0.29, 0.717) is 11.4 Å². The summed E-state index contributed by atoms with van der Waals surface area (Å²) < 4.78 is 4.89. The first-order valence-corrected chi connectivity index (χ1v) is 7.65. The number of halogens is 1. The topological polar surface area (TPSA) is 69.4 Å². The standard InChI is InChI=1S/C18H18ClNO3/c1-12(14-7-9-15(19)10-8-14)17(21)23-18(22)16(20)11-13-5-3-2-4-6-13/h2-10,12,16H,11,20H2,1H3/t12?,16-/m0/s1. The van der Waals surface area contributed by atoms with E-state index in [0.717, 1.165) is 11.1 Å². The van der Waals surface area contributed by atoms with Crippen LogP contribution in [0.15, 0.2) is 54.6 Å². The van der Waals surface area contributed by atoms with Gasteiger partial charge in [-0.2, -0.15) is 0 Å². The summed E-state index contributed by atoms with van der Waals surface area (Å²) in [5, 5.41) is 0.579. The maximum Gasteiger partial charge on any atom is 0.330 e. The zero-order chi connectivity index (χ0) is 16.8. The normalized spacial score (nSPS) is 13.2. The van der Waals surface area contributed by atoms with Crippen LogP contribution in [0.25, 0.3) is 0 Å². The van der Waals surface area contributed by atoms with Crippen molar-refractivity contribution in [1.82, 2.24) is 0 Å². The second-order valence-corrected chi connectivity index (χ2v) is 5.75. The molecule has 0 aromatic heterocycles.